The number of anilines is 1. The van der Waals surface area contributed by atoms with Crippen LogP contribution < -0.4 is 4.90 Å². The maximum Gasteiger partial charge on any atom is 0.307 e. The van der Waals surface area contributed by atoms with Crippen molar-refractivity contribution in [2.75, 3.05) is 11.4 Å². The molecule has 146 valence electrons. The zero-order chi connectivity index (χ0) is 20.5. The van der Waals surface area contributed by atoms with E-state index < -0.39 is 5.97 Å². The third-order valence-corrected chi connectivity index (χ3v) is 5.68. The van der Waals surface area contributed by atoms with E-state index >= 15 is 0 Å². The summed E-state index contributed by atoms with van der Waals surface area (Å²) < 4.78 is 0. The van der Waals surface area contributed by atoms with Crippen LogP contribution in [0, 0.1) is 5.41 Å². The summed E-state index contributed by atoms with van der Waals surface area (Å²) in [7, 11) is 0. The van der Waals surface area contributed by atoms with Crippen molar-refractivity contribution in [1.82, 2.24) is 4.98 Å². The first-order valence-corrected chi connectivity index (χ1v) is 9.99. The maximum atomic E-state index is 10.8. The van der Waals surface area contributed by atoms with Crippen LogP contribution in [0.3, 0.4) is 0 Å². The second-order valence-electron chi connectivity index (χ2n) is 6.54. The number of aliphatic carboxylic acids is 1. The number of carboxylic acids is 1. The molecule has 0 bridgehead atoms. The zero-order valence-corrected chi connectivity index (χ0v) is 16.7. The minimum atomic E-state index is -0.895. The van der Waals surface area contributed by atoms with Gasteiger partial charge >= 0.3 is 5.97 Å². The molecule has 0 radical (unpaired) electrons. The molecule has 3 aromatic rings. The van der Waals surface area contributed by atoms with Crippen LogP contribution in [0.1, 0.15) is 10.6 Å². The van der Waals surface area contributed by atoms with E-state index in [-0.39, 0.29) is 24.6 Å². The number of hydrogen-bond acceptors (Lipinski definition) is 5. The maximum absolute atomic E-state index is 10.8. The second kappa shape index (κ2) is 7.69. The number of benzene rings is 2. The first-order chi connectivity index (χ1) is 13.9. The predicted octanol–water partition coefficient (Wildman–Crippen LogP) is 4.86. The topological polar surface area (TPSA) is 97.5 Å². The highest BCUT2D eigenvalue weighted by Gasteiger charge is 2.31. The largest absolute Gasteiger partial charge is 0.510 e. The smallest absolute Gasteiger partial charge is 0.307 e. The van der Waals surface area contributed by atoms with Gasteiger partial charge in [0.1, 0.15) is 16.6 Å². The number of nitrogens with zero attached hydrogens (tertiary/aromatic N) is 2. The van der Waals surface area contributed by atoms with E-state index in [1.165, 1.54) is 11.3 Å². The fourth-order valence-corrected chi connectivity index (χ4v) is 4.16. The summed E-state index contributed by atoms with van der Waals surface area (Å²) in [5, 5.41) is 31.0. The van der Waals surface area contributed by atoms with Gasteiger partial charge in [0.2, 0.25) is 0 Å². The molecule has 29 heavy (non-hydrogen) atoms. The molecular formula is C21H16ClN3O3S. The van der Waals surface area contributed by atoms with Crippen molar-refractivity contribution in [1.29, 1.82) is 5.41 Å². The molecule has 2 heterocycles. The molecule has 3 N–H and O–H groups in total. The standard InChI is InChI=1S/C21H16ClN3O3S/c22-14-5-3-13(4-6-14)16-11-29-21(24-16)19-17(26)10-25(20(19)23)15-7-1-12(2-8-15)9-18(27)28/h1-8,11,23,26H,9-10H2,(H,27,28). The lowest BCUT2D eigenvalue weighted by Crippen LogP contribution is -2.26. The average Bonchev–Trinajstić information content (AvgIpc) is 3.27. The highest BCUT2D eigenvalue weighted by atomic mass is 35.5. The fourth-order valence-electron chi connectivity index (χ4n) is 3.13. The van der Waals surface area contributed by atoms with Gasteiger partial charge in [-0.25, -0.2) is 4.98 Å². The fraction of sp³-hybridized carbons (Fsp3) is 0.0952. The number of nitrogens with one attached hydrogen (secondary N) is 1. The number of carbonyl (C=O) groups is 1. The minimum absolute atomic E-state index is 0.0565. The number of rotatable bonds is 5. The van der Waals surface area contributed by atoms with E-state index in [4.69, 9.17) is 22.1 Å². The van der Waals surface area contributed by atoms with E-state index in [0.29, 0.717) is 26.9 Å². The first-order valence-electron chi connectivity index (χ1n) is 8.73. The van der Waals surface area contributed by atoms with Crippen molar-refractivity contribution in [3.05, 3.63) is 75.3 Å². The van der Waals surface area contributed by atoms with Crippen LogP contribution >= 0.6 is 22.9 Å². The molecule has 1 aromatic heterocycles. The van der Waals surface area contributed by atoms with Gasteiger partial charge in [0.15, 0.2) is 0 Å². The summed E-state index contributed by atoms with van der Waals surface area (Å²) >= 11 is 7.30. The third kappa shape index (κ3) is 3.87. The number of carboxylic acid groups (broad SMARTS) is 1. The molecule has 0 atom stereocenters. The Balaban J connectivity index is 1.57. The van der Waals surface area contributed by atoms with Gasteiger partial charge in [-0.3, -0.25) is 10.2 Å². The van der Waals surface area contributed by atoms with Gasteiger partial charge in [0.05, 0.1) is 24.2 Å². The van der Waals surface area contributed by atoms with E-state index in [2.05, 4.69) is 4.98 Å². The van der Waals surface area contributed by atoms with E-state index in [1.54, 1.807) is 41.3 Å². The number of thiazole rings is 1. The average molecular weight is 426 g/mol. The number of halogens is 1. The van der Waals surface area contributed by atoms with Gasteiger partial charge in [0, 0.05) is 21.7 Å². The van der Waals surface area contributed by atoms with Crippen LogP contribution in [0.25, 0.3) is 16.8 Å². The number of amidine groups is 1. The lowest BCUT2D eigenvalue weighted by molar-refractivity contribution is -0.136. The van der Waals surface area contributed by atoms with Gasteiger partial charge in [-0.15, -0.1) is 11.3 Å². The summed E-state index contributed by atoms with van der Waals surface area (Å²) in [4.78, 5) is 17.1. The molecule has 2 aromatic carbocycles. The Hall–Kier alpha value is -3.16. The van der Waals surface area contributed by atoms with E-state index in [1.807, 2.05) is 17.5 Å². The summed E-state index contributed by atoms with van der Waals surface area (Å²) in [5.74, 6) is -0.652. The summed E-state index contributed by atoms with van der Waals surface area (Å²) in [6.07, 6.45) is -0.0565. The third-order valence-electron chi connectivity index (χ3n) is 4.56. The molecule has 1 aliphatic heterocycles. The van der Waals surface area contributed by atoms with Crippen LogP contribution in [0.4, 0.5) is 5.69 Å². The lowest BCUT2D eigenvalue weighted by atomic mass is 10.1. The van der Waals surface area contributed by atoms with Gasteiger partial charge in [-0.05, 0) is 29.8 Å². The lowest BCUT2D eigenvalue weighted by Gasteiger charge is -2.18. The molecule has 0 fully saturated rings. The summed E-state index contributed by atoms with van der Waals surface area (Å²) in [5.41, 5.74) is 3.46. The van der Waals surface area contributed by atoms with Crippen LogP contribution in [0.5, 0.6) is 0 Å². The minimum Gasteiger partial charge on any atom is -0.510 e. The normalized spacial score (nSPS) is 14.0. The summed E-state index contributed by atoms with van der Waals surface area (Å²) in [6.45, 7) is 0.169. The van der Waals surface area contributed by atoms with E-state index in [0.717, 1.165) is 11.3 Å². The van der Waals surface area contributed by atoms with E-state index in [9.17, 15) is 9.90 Å². The quantitative estimate of drug-likeness (QED) is 0.542. The Morgan fingerprint density at radius 3 is 2.52 bits per heavy atom. The molecule has 0 unspecified atom stereocenters. The van der Waals surface area contributed by atoms with Gasteiger partial charge in [0.25, 0.3) is 0 Å². The molecule has 0 saturated carbocycles. The van der Waals surface area contributed by atoms with Crippen molar-refractivity contribution in [3.8, 4) is 11.3 Å². The Morgan fingerprint density at radius 2 is 1.86 bits per heavy atom. The highest BCUT2D eigenvalue weighted by molar-refractivity contribution is 7.11. The van der Waals surface area contributed by atoms with Gasteiger partial charge < -0.3 is 15.1 Å². The van der Waals surface area contributed by atoms with Crippen molar-refractivity contribution >= 4 is 46.0 Å². The van der Waals surface area contributed by atoms with Crippen LogP contribution in [0.2, 0.25) is 5.02 Å². The SMILES string of the molecule is N=C1C(c2nc(-c3ccc(Cl)cc3)cs2)=C(O)CN1c1ccc(CC(=O)O)cc1. The Labute approximate surface area is 175 Å². The molecule has 0 amide bonds. The number of aromatic nitrogens is 1. The molecule has 0 spiro atoms. The van der Waals surface area contributed by atoms with Crippen molar-refractivity contribution in [2.45, 2.75) is 6.42 Å². The molecule has 0 saturated heterocycles. The van der Waals surface area contributed by atoms with Crippen LogP contribution in [-0.2, 0) is 11.2 Å². The summed E-state index contributed by atoms with van der Waals surface area (Å²) in [6, 6.07) is 14.3. The first kappa shape index (κ1) is 19.2. The highest BCUT2D eigenvalue weighted by Crippen LogP contribution is 2.34. The van der Waals surface area contributed by atoms with Gasteiger partial charge in [-0.1, -0.05) is 35.9 Å². The molecule has 4 rings (SSSR count). The number of hydrogen-bond donors (Lipinski definition) is 3. The van der Waals surface area contributed by atoms with Gasteiger partial charge in [-0.2, -0.15) is 0 Å². The number of aliphatic hydroxyl groups excluding tert-OH is 1. The Morgan fingerprint density at radius 1 is 1.17 bits per heavy atom. The predicted molar refractivity (Wildman–Crippen MR) is 115 cm³/mol. The second-order valence-corrected chi connectivity index (χ2v) is 7.83. The molecule has 0 aliphatic carbocycles. The van der Waals surface area contributed by atoms with Crippen molar-refractivity contribution < 1.29 is 15.0 Å². The van der Waals surface area contributed by atoms with Crippen molar-refractivity contribution in [3.63, 3.8) is 0 Å². The monoisotopic (exact) mass is 425 g/mol. The van der Waals surface area contributed by atoms with Crippen LogP contribution in [0.15, 0.2) is 59.7 Å². The molecule has 6 nitrogen and oxygen atoms in total. The molecule has 1 aliphatic rings. The Kier molecular flexibility index (Phi) is 5.08. The Bertz CT molecular complexity index is 1120. The number of aliphatic hydroxyl groups is 1. The van der Waals surface area contributed by atoms with Crippen LogP contribution in [-0.4, -0.2) is 33.5 Å². The van der Waals surface area contributed by atoms with Crippen molar-refractivity contribution in [2.24, 2.45) is 0 Å². The molecular weight excluding hydrogens is 410 g/mol. The molecule has 8 heteroatoms. The zero-order valence-electron chi connectivity index (χ0n) is 15.1.